The summed E-state index contributed by atoms with van der Waals surface area (Å²) in [5.41, 5.74) is 2.16. The van der Waals surface area contributed by atoms with E-state index in [1.165, 1.54) is 13.0 Å². The summed E-state index contributed by atoms with van der Waals surface area (Å²) in [4.78, 5) is 11.2. The Hall–Kier alpha value is -1.64. The highest BCUT2D eigenvalue weighted by Crippen LogP contribution is 2.31. The van der Waals surface area contributed by atoms with Gasteiger partial charge in [0.25, 0.3) is 0 Å². The first-order chi connectivity index (χ1) is 7.09. The zero-order chi connectivity index (χ0) is 11.0. The first-order valence-electron chi connectivity index (χ1n) is 4.73. The van der Waals surface area contributed by atoms with Crippen LogP contribution >= 0.6 is 0 Å². The van der Waals surface area contributed by atoms with Crippen molar-refractivity contribution in [1.82, 2.24) is 0 Å². The molecule has 0 aromatic heterocycles. The van der Waals surface area contributed by atoms with Gasteiger partial charge in [-0.25, -0.2) is 4.39 Å². The fraction of sp³-hybridized carbons (Fsp3) is 0.250. The maximum Gasteiger partial charge on any atom is 0.165 e. The van der Waals surface area contributed by atoms with Gasteiger partial charge in [0.2, 0.25) is 0 Å². The van der Waals surface area contributed by atoms with Crippen LogP contribution in [-0.2, 0) is 4.79 Å². The molecule has 2 rings (SSSR count). The summed E-state index contributed by atoms with van der Waals surface area (Å²) in [6.07, 6.45) is 1.71. The van der Waals surface area contributed by atoms with Gasteiger partial charge < -0.3 is 4.74 Å². The normalized spacial score (nSPS) is 13.9. The van der Waals surface area contributed by atoms with Crippen LogP contribution in [-0.4, -0.2) is 12.4 Å². The Morgan fingerprint density at radius 1 is 1.47 bits per heavy atom. The summed E-state index contributed by atoms with van der Waals surface area (Å²) in [6.45, 7) is 3.50. The molecule has 0 spiro atoms. The number of halogens is 1. The van der Waals surface area contributed by atoms with Crippen LogP contribution in [0.2, 0.25) is 0 Å². The van der Waals surface area contributed by atoms with Gasteiger partial charge in [0.15, 0.2) is 17.3 Å². The number of benzene rings is 1. The van der Waals surface area contributed by atoms with Gasteiger partial charge in [0.05, 0.1) is 0 Å². The molecular formula is C12H11FO2. The van der Waals surface area contributed by atoms with Crippen LogP contribution in [0.15, 0.2) is 17.7 Å². The van der Waals surface area contributed by atoms with Gasteiger partial charge in [-0.05, 0) is 31.6 Å². The maximum atomic E-state index is 13.3. The largest absolute Gasteiger partial charge is 0.485 e. The van der Waals surface area contributed by atoms with Crippen molar-refractivity contribution in [3.05, 3.63) is 34.6 Å². The van der Waals surface area contributed by atoms with Gasteiger partial charge in [-0.3, -0.25) is 4.79 Å². The predicted octanol–water partition coefficient (Wildman–Crippen LogP) is 2.50. The molecule has 1 aromatic carbocycles. The van der Waals surface area contributed by atoms with Crippen molar-refractivity contribution in [2.45, 2.75) is 13.8 Å². The van der Waals surface area contributed by atoms with Gasteiger partial charge in [-0.15, -0.1) is 0 Å². The third-order valence-electron chi connectivity index (χ3n) is 2.51. The third-order valence-corrected chi connectivity index (χ3v) is 2.51. The Balaban J connectivity index is 2.59. The number of hydrogen-bond donors (Lipinski definition) is 0. The number of fused-ring (bicyclic) bond motifs is 1. The lowest BCUT2D eigenvalue weighted by atomic mass is 10.0. The molecule has 0 bridgehead atoms. The van der Waals surface area contributed by atoms with E-state index in [0.29, 0.717) is 11.1 Å². The molecule has 0 atom stereocenters. The van der Waals surface area contributed by atoms with Gasteiger partial charge in [0.1, 0.15) is 6.61 Å². The second kappa shape index (κ2) is 3.50. The Bertz CT molecular complexity index is 461. The summed E-state index contributed by atoms with van der Waals surface area (Å²) in [6, 6.07) is 3.05. The highest BCUT2D eigenvalue weighted by molar-refractivity contribution is 5.99. The van der Waals surface area contributed by atoms with Crippen molar-refractivity contribution >= 4 is 11.9 Å². The SMILES string of the molecule is CC(=O)C1=Cc2c(C)ccc(F)c2OC1. The van der Waals surface area contributed by atoms with Crippen LogP contribution in [0, 0.1) is 12.7 Å². The van der Waals surface area contributed by atoms with Crippen molar-refractivity contribution in [2.75, 3.05) is 6.61 Å². The molecule has 1 heterocycles. The number of ether oxygens (including phenoxy) is 1. The summed E-state index contributed by atoms with van der Waals surface area (Å²) < 4.78 is 18.6. The van der Waals surface area contributed by atoms with E-state index in [0.717, 1.165) is 5.56 Å². The average molecular weight is 206 g/mol. The van der Waals surface area contributed by atoms with Gasteiger partial charge in [0, 0.05) is 11.1 Å². The Morgan fingerprint density at radius 3 is 2.87 bits per heavy atom. The van der Waals surface area contributed by atoms with E-state index in [-0.39, 0.29) is 24.0 Å². The van der Waals surface area contributed by atoms with Gasteiger partial charge in [-0.2, -0.15) is 0 Å². The van der Waals surface area contributed by atoms with Crippen molar-refractivity contribution in [3.63, 3.8) is 0 Å². The zero-order valence-electron chi connectivity index (χ0n) is 8.63. The average Bonchev–Trinajstić information content (AvgIpc) is 2.23. The Labute approximate surface area is 87.4 Å². The monoisotopic (exact) mass is 206 g/mol. The molecule has 0 saturated heterocycles. The lowest BCUT2D eigenvalue weighted by molar-refractivity contribution is -0.113. The highest BCUT2D eigenvalue weighted by atomic mass is 19.1. The standard InChI is InChI=1S/C12H11FO2/c1-7-3-4-11(13)12-10(7)5-9(6-15-12)8(2)14/h3-5H,6H2,1-2H3. The molecule has 0 aliphatic carbocycles. The number of carbonyl (C=O) groups excluding carboxylic acids is 1. The minimum absolute atomic E-state index is 0.0377. The molecule has 0 unspecified atom stereocenters. The zero-order valence-corrected chi connectivity index (χ0v) is 8.63. The fourth-order valence-corrected chi connectivity index (χ4v) is 1.57. The van der Waals surface area contributed by atoms with E-state index in [2.05, 4.69) is 0 Å². The predicted molar refractivity (Wildman–Crippen MR) is 55.3 cm³/mol. The molecular weight excluding hydrogens is 195 g/mol. The minimum Gasteiger partial charge on any atom is -0.485 e. The first-order valence-corrected chi connectivity index (χ1v) is 4.73. The second-order valence-corrected chi connectivity index (χ2v) is 3.62. The summed E-state index contributed by atoms with van der Waals surface area (Å²) in [7, 11) is 0. The minimum atomic E-state index is -0.380. The van der Waals surface area contributed by atoms with Crippen LogP contribution in [0.25, 0.3) is 6.08 Å². The smallest absolute Gasteiger partial charge is 0.165 e. The first kappa shape index (κ1) is 9.90. The molecule has 1 aromatic rings. The second-order valence-electron chi connectivity index (χ2n) is 3.62. The Kier molecular flexibility index (Phi) is 2.31. The summed E-state index contributed by atoms with van der Waals surface area (Å²) >= 11 is 0. The van der Waals surface area contributed by atoms with Crippen LogP contribution in [0.5, 0.6) is 5.75 Å². The molecule has 3 heteroatoms. The number of carbonyl (C=O) groups is 1. The third kappa shape index (κ3) is 1.65. The molecule has 0 amide bonds. The number of hydrogen-bond acceptors (Lipinski definition) is 2. The highest BCUT2D eigenvalue weighted by Gasteiger charge is 2.19. The lowest BCUT2D eigenvalue weighted by Crippen LogP contribution is -2.14. The van der Waals surface area contributed by atoms with Crippen molar-refractivity contribution < 1.29 is 13.9 Å². The number of ketones is 1. The van der Waals surface area contributed by atoms with E-state index >= 15 is 0 Å². The molecule has 1 aliphatic rings. The molecule has 78 valence electrons. The lowest BCUT2D eigenvalue weighted by Gasteiger charge is -2.18. The molecule has 1 aliphatic heterocycles. The number of rotatable bonds is 1. The van der Waals surface area contributed by atoms with E-state index in [1.54, 1.807) is 12.1 Å². The van der Waals surface area contributed by atoms with E-state index in [9.17, 15) is 9.18 Å². The van der Waals surface area contributed by atoms with E-state index in [1.807, 2.05) is 6.92 Å². The topological polar surface area (TPSA) is 26.3 Å². The maximum absolute atomic E-state index is 13.3. The molecule has 15 heavy (non-hydrogen) atoms. The van der Waals surface area contributed by atoms with Crippen molar-refractivity contribution in [2.24, 2.45) is 0 Å². The summed E-state index contributed by atoms with van der Waals surface area (Å²) in [5.74, 6) is -0.168. The van der Waals surface area contributed by atoms with Crippen LogP contribution in [0.1, 0.15) is 18.1 Å². The van der Waals surface area contributed by atoms with E-state index < -0.39 is 0 Å². The molecule has 0 radical (unpaired) electrons. The number of aryl methyl sites for hydroxylation is 1. The molecule has 0 fully saturated rings. The molecule has 0 saturated carbocycles. The molecule has 0 N–H and O–H groups in total. The van der Waals surface area contributed by atoms with Crippen LogP contribution in [0.3, 0.4) is 0 Å². The molecule has 2 nitrogen and oxygen atoms in total. The van der Waals surface area contributed by atoms with Gasteiger partial charge >= 0.3 is 0 Å². The summed E-state index contributed by atoms with van der Waals surface area (Å²) in [5, 5.41) is 0. The van der Waals surface area contributed by atoms with Crippen molar-refractivity contribution in [3.8, 4) is 5.75 Å². The van der Waals surface area contributed by atoms with Gasteiger partial charge in [-0.1, -0.05) is 6.07 Å². The van der Waals surface area contributed by atoms with Crippen LogP contribution in [0.4, 0.5) is 4.39 Å². The Morgan fingerprint density at radius 2 is 2.20 bits per heavy atom. The van der Waals surface area contributed by atoms with Crippen LogP contribution < -0.4 is 4.74 Å². The fourth-order valence-electron chi connectivity index (χ4n) is 1.57. The van der Waals surface area contributed by atoms with Crippen molar-refractivity contribution in [1.29, 1.82) is 0 Å². The van der Waals surface area contributed by atoms with E-state index in [4.69, 9.17) is 4.74 Å². The quantitative estimate of drug-likeness (QED) is 0.705. The number of Topliss-reactive ketones (excluding diaryl/α,β-unsaturated/α-hetero) is 1.